The number of nitrogens with zero attached hydrogens (tertiary/aromatic N) is 1. The second kappa shape index (κ2) is 9.75. The first-order chi connectivity index (χ1) is 16.6. The largest absolute Gasteiger partial charge is 0.416 e. The summed E-state index contributed by atoms with van der Waals surface area (Å²) in [5.74, 6) is -0.848. The lowest BCUT2D eigenvalue weighted by Crippen LogP contribution is -2.41. The number of Topliss-reactive ketones (excluding diaryl/α,β-unsaturated/α-hetero) is 1. The topological polar surface area (TPSA) is 54.5 Å². The number of carbonyl (C=O) groups is 1. The van der Waals surface area contributed by atoms with Crippen LogP contribution in [0, 0.1) is 5.82 Å². The van der Waals surface area contributed by atoms with Gasteiger partial charge in [-0.2, -0.15) is 17.5 Å². The van der Waals surface area contributed by atoms with E-state index in [9.17, 15) is 30.8 Å². The fourth-order valence-corrected chi connectivity index (χ4v) is 5.45. The smallest absolute Gasteiger partial charge is 0.298 e. The molecule has 0 N–H and O–H groups in total. The maximum atomic E-state index is 13.2. The lowest BCUT2D eigenvalue weighted by atomic mass is 9.98. The van der Waals surface area contributed by atoms with Crippen LogP contribution in [0.25, 0.3) is 11.1 Å². The van der Waals surface area contributed by atoms with Gasteiger partial charge in [0.05, 0.1) is 10.5 Å². The number of hydrogen-bond acceptors (Lipinski definition) is 3. The highest BCUT2D eigenvalue weighted by Crippen LogP contribution is 2.31. The van der Waals surface area contributed by atoms with Crippen molar-refractivity contribution in [2.45, 2.75) is 30.0 Å². The molecule has 0 saturated carbocycles. The van der Waals surface area contributed by atoms with E-state index in [4.69, 9.17) is 0 Å². The van der Waals surface area contributed by atoms with Gasteiger partial charge in [0.1, 0.15) is 11.9 Å². The van der Waals surface area contributed by atoms with Crippen LogP contribution in [0.3, 0.4) is 0 Å². The number of alkyl halides is 3. The summed E-state index contributed by atoms with van der Waals surface area (Å²) in [5, 5.41) is 0. The molecule has 0 bridgehead atoms. The molecule has 0 aromatic heterocycles. The highest BCUT2D eigenvalue weighted by Gasteiger charge is 2.36. The second-order valence-electron chi connectivity index (χ2n) is 8.14. The van der Waals surface area contributed by atoms with Crippen LogP contribution < -0.4 is 0 Å². The van der Waals surface area contributed by atoms with Crippen LogP contribution in [0.2, 0.25) is 0 Å². The maximum absolute atomic E-state index is 13.2. The van der Waals surface area contributed by atoms with Gasteiger partial charge in [-0.15, -0.1) is 0 Å². The fourth-order valence-electron chi connectivity index (χ4n) is 3.93. The summed E-state index contributed by atoms with van der Waals surface area (Å²) in [6, 6.07) is 15.4. The summed E-state index contributed by atoms with van der Waals surface area (Å²) < 4.78 is 78.6. The number of benzene rings is 3. The number of carbonyl (C=O) groups excluding carboxylic acids is 1. The molecule has 0 aliphatic carbocycles. The van der Waals surface area contributed by atoms with Crippen molar-refractivity contribution in [3.05, 3.63) is 102 Å². The SMILES string of the molecule is O=C(CCc1cccc(-c2ccc(C(F)(F)F)cc2)c1)[C@@H]1C=CCN1S(=O)(=O)c1ccc(F)cc1. The van der Waals surface area contributed by atoms with Gasteiger partial charge in [-0.1, -0.05) is 48.6 Å². The minimum absolute atomic E-state index is 0.0412. The molecule has 0 spiro atoms. The molecule has 3 aromatic rings. The number of halogens is 4. The summed E-state index contributed by atoms with van der Waals surface area (Å²) in [5.41, 5.74) is 1.39. The average Bonchev–Trinajstić information content (AvgIpc) is 3.34. The van der Waals surface area contributed by atoms with E-state index in [1.54, 1.807) is 36.4 Å². The molecule has 4 nitrogen and oxygen atoms in total. The normalized spacial score (nSPS) is 16.5. The van der Waals surface area contributed by atoms with Crippen molar-refractivity contribution >= 4 is 15.8 Å². The van der Waals surface area contributed by atoms with Gasteiger partial charge in [-0.05, 0) is 59.5 Å². The molecule has 0 radical (unpaired) electrons. The van der Waals surface area contributed by atoms with E-state index in [2.05, 4.69) is 0 Å². The molecule has 1 atom stereocenters. The number of ketones is 1. The van der Waals surface area contributed by atoms with Gasteiger partial charge in [0.15, 0.2) is 5.78 Å². The molecular formula is C26H21F4NO3S. The van der Waals surface area contributed by atoms with Crippen LogP contribution in [0.15, 0.2) is 89.8 Å². The van der Waals surface area contributed by atoms with Gasteiger partial charge >= 0.3 is 6.18 Å². The third-order valence-corrected chi connectivity index (χ3v) is 7.66. The predicted molar refractivity (Wildman–Crippen MR) is 123 cm³/mol. The van der Waals surface area contributed by atoms with E-state index in [1.807, 2.05) is 0 Å². The Kier molecular flexibility index (Phi) is 6.91. The van der Waals surface area contributed by atoms with Crippen molar-refractivity contribution < 1.29 is 30.8 Å². The van der Waals surface area contributed by atoms with Gasteiger partial charge in [0.2, 0.25) is 10.0 Å². The Bertz CT molecular complexity index is 1350. The van der Waals surface area contributed by atoms with E-state index in [0.29, 0.717) is 17.5 Å². The lowest BCUT2D eigenvalue weighted by molar-refractivity contribution is -0.137. The van der Waals surface area contributed by atoms with Crippen LogP contribution in [0.4, 0.5) is 17.6 Å². The standard InChI is InChI=1S/C26H21F4NO3S/c27-22-11-13-23(14-12-22)35(33,34)31-16-2-5-24(31)25(32)15-6-18-3-1-4-20(17-18)19-7-9-21(10-8-19)26(28,29)30/h1-5,7-14,17,24H,6,15-16H2/t24-/m0/s1. The third kappa shape index (κ3) is 5.52. The molecule has 182 valence electrons. The monoisotopic (exact) mass is 503 g/mol. The highest BCUT2D eigenvalue weighted by atomic mass is 32.2. The van der Waals surface area contributed by atoms with Crippen LogP contribution in [0.1, 0.15) is 17.5 Å². The Morgan fingerprint density at radius 1 is 0.943 bits per heavy atom. The van der Waals surface area contributed by atoms with Crippen molar-refractivity contribution in [1.82, 2.24) is 4.31 Å². The third-order valence-electron chi connectivity index (χ3n) is 5.80. The van der Waals surface area contributed by atoms with Crippen LogP contribution in [0.5, 0.6) is 0 Å². The molecule has 0 fully saturated rings. The molecule has 1 aliphatic rings. The van der Waals surface area contributed by atoms with Crippen molar-refractivity contribution in [2.75, 3.05) is 6.54 Å². The number of hydrogen-bond donors (Lipinski definition) is 0. The van der Waals surface area contributed by atoms with Crippen LogP contribution >= 0.6 is 0 Å². The van der Waals surface area contributed by atoms with Crippen LogP contribution in [-0.4, -0.2) is 31.1 Å². The second-order valence-corrected chi connectivity index (χ2v) is 10.0. The number of sulfonamides is 1. The van der Waals surface area contributed by atoms with Gasteiger partial charge in [-0.25, -0.2) is 12.8 Å². The Morgan fingerprint density at radius 2 is 1.63 bits per heavy atom. The predicted octanol–water partition coefficient (Wildman–Crippen LogP) is 5.64. The quantitative estimate of drug-likeness (QED) is 0.310. The highest BCUT2D eigenvalue weighted by molar-refractivity contribution is 7.89. The maximum Gasteiger partial charge on any atom is 0.416 e. The number of aryl methyl sites for hydroxylation is 1. The van der Waals surface area contributed by atoms with Crippen molar-refractivity contribution in [1.29, 1.82) is 0 Å². The molecule has 3 aromatic carbocycles. The molecule has 0 amide bonds. The zero-order valence-electron chi connectivity index (χ0n) is 18.4. The molecule has 0 unspecified atom stereocenters. The van der Waals surface area contributed by atoms with Crippen LogP contribution in [-0.2, 0) is 27.4 Å². The summed E-state index contributed by atoms with van der Waals surface area (Å²) in [4.78, 5) is 12.8. The van der Waals surface area contributed by atoms with E-state index in [0.717, 1.165) is 46.3 Å². The molecule has 35 heavy (non-hydrogen) atoms. The molecule has 0 saturated heterocycles. The van der Waals surface area contributed by atoms with E-state index in [1.165, 1.54) is 12.1 Å². The summed E-state index contributed by atoms with van der Waals surface area (Å²) in [7, 11) is -3.99. The molecule has 4 rings (SSSR count). The van der Waals surface area contributed by atoms with E-state index < -0.39 is 33.6 Å². The van der Waals surface area contributed by atoms with E-state index in [-0.39, 0.29) is 23.6 Å². The molecule has 9 heteroatoms. The summed E-state index contributed by atoms with van der Waals surface area (Å²) in [6.45, 7) is 0.0412. The van der Waals surface area contributed by atoms with Gasteiger partial charge in [-0.3, -0.25) is 4.79 Å². The van der Waals surface area contributed by atoms with Gasteiger partial charge < -0.3 is 0 Å². The Hall–Kier alpha value is -3.30. The zero-order valence-corrected chi connectivity index (χ0v) is 19.2. The van der Waals surface area contributed by atoms with E-state index >= 15 is 0 Å². The minimum Gasteiger partial charge on any atom is -0.298 e. The number of rotatable bonds is 7. The molecule has 1 heterocycles. The summed E-state index contributed by atoms with van der Waals surface area (Å²) in [6.07, 6.45) is -0.854. The van der Waals surface area contributed by atoms with Gasteiger partial charge in [0.25, 0.3) is 0 Å². The fraction of sp³-hybridized carbons (Fsp3) is 0.192. The van der Waals surface area contributed by atoms with Crippen molar-refractivity contribution in [3.63, 3.8) is 0 Å². The Balaban J connectivity index is 1.45. The first-order valence-electron chi connectivity index (χ1n) is 10.8. The minimum atomic E-state index is -4.41. The molecule has 1 aliphatic heterocycles. The average molecular weight is 504 g/mol. The molecular weight excluding hydrogens is 482 g/mol. The Labute approximate surface area is 200 Å². The zero-order chi connectivity index (χ0) is 25.2. The van der Waals surface area contributed by atoms with Crippen molar-refractivity contribution in [3.8, 4) is 11.1 Å². The lowest BCUT2D eigenvalue weighted by Gasteiger charge is -2.23. The summed E-state index contributed by atoms with van der Waals surface area (Å²) >= 11 is 0. The first-order valence-corrected chi connectivity index (χ1v) is 12.2. The van der Waals surface area contributed by atoms with Gasteiger partial charge in [0, 0.05) is 13.0 Å². The van der Waals surface area contributed by atoms with Crippen molar-refractivity contribution in [2.24, 2.45) is 0 Å². The first kappa shape index (κ1) is 24.8. The Morgan fingerprint density at radius 3 is 2.29 bits per heavy atom.